The molecule has 0 spiro atoms. The molecule has 0 fully saturated rings. The van der Waals surface area contributed by atoms with Crippen LogP contribution in [0.15, 0.2) is 18.2 Å². The number of methoxy groups -OCH3 is 1. The van der Waals surface area contributed by atoms with Crippen LogP contribution in [-0.4, -0.2) is 25.7 Å². The fourth-order valence-corrected chi connectivity index (χ4v) is 2.66. The van der Waals surface area contributed by atoms with Crippen LogP contribution in [0.5, 0.6) is 5.75 Å². The predicted molar refractivity (Wildman–Crippen MR) is 86.4 cm³/mol. The van der Waals surface area contributed by atoms with E-state index in [9.17, 15) is 0 Å². The van der Waals surface area contributed by atoms with Gasteiger partial charge in [-0.1, -0.05) is 24.1 Å². The van der Waals surface area contributed by atoms with Gasteiger partial charge in [0.25, 0.3) is 0 Å². The van der Waals surface area contributed by atoms with Crippen LogP contribution in [0.3, 0.4) is 0 Å². The fraction of sp³-hybridized carbons (Fsp3) is 0.625. The Bertz CT molecular complexity index is 368. The van der Waals surface area contributed by atoms with E-state index in [0.717, 1.165) is 12.3 Å². The lowest BCUT2D eigenvalue weighted by atomic mass is 10.0. The van der Waals surface area contributed by atoms with Gasteiger partial charge in [0, 0.05) is 11.6 Å². The largest absolute Gasteiger partial charge is 0.496 e. The fourth-order valence-electron chi connectivity index (χ4n) is 2.17. The summed E-state index contributed by atoms with van der Waals surface area (Å²) in [6.07, 6.45) is 6.06. The van der Waals surface area contributed by atoms with Crippen LogP contribution < -0.4 is 10.1 Å². The molecule has 1 aromatic rings. The Kier molecular flexibility index (Phi) is 7.99. The van der Waals surface area contributed by atoms with E-state index in [-0.39, 0.29) is 0 Å². The molecule has 0 bridgehead atoms. The first-order valence-corrected chi connectivity index (χ1v) is 8.45. The van der Waals surface area contributed by atoms with Gasteiger partial charge in [0.2, 0.25) is 0 Å². The molecule has 0 radical (unpaired) electrons. The third kappa shape index (κ3) is 5.87. The molecule has 0 aromatic heterocycles. The quantitative estimate of drug-likeness (QED) is 0.686. The van der Waals surface area contributed by atoms with Gasteiger partial charge in [-0.05, 0) is 51.3 Å². The minimum atomic E-state index is 0.343. The summed E-state index contributed by atoms with van der Waals surface area (Å²) in [6.45, 7) is 5.41. The third-order valence-electron chi connectivity index (χ3n) is 3.33. The van der Waals surface area contributed by atoms with Crippen LogP contribution in [0.2, 0.25) is 0 Å². The second-order valence-electron chi connectivity index (χ2n) is 4.97. The van der Waals surface area contributed by atoms with E-state index in [1.165, 1.54) is 36.1 Å². The summed E-state index contributed by atoms with van der Waals surface area (Å²) in [5.74, 6) is 2.26. The SMILES string of the molecule is COc1ccc(C)cc1C(C)NCCCCCSC. The molecule has 1 rings (SSSR count). The van der Waals surface area contributed by atoms with Crippen molar-refractivity contribution in [1.82, 2.24) is 5.32 Å². The van der Waals surface area contributed by atoms with Gasteiger partial charge < -0.3 is 10.1 Å². The Labute approximate surface area is 122 Å². The zero-order valence-electron chi connectivity index (χ0n) is 12.7. The van der Waals surface area contributed by atoms with E-state index < -0.39 is 0 Å². The topological polar surface area (TPSA) is 21.3 Å². The Morgan fingerprint density at radius 2 is 2.05 bits per heavy atom. The van der Waals surface area contributed by atoms with E-state index in [1.807, 2.05) is 11.8 Å². The lowest BCUT2D eigenvalue weighted by Gasteiger charge is -2.18. The van der Waals surface area contributed by atoms with E-state index in [0.29, 0.717) is 6.04 Å². The van der Waals surface area contributed by atoms with Crippen LogP contribution in [-0.2, 0) is 0 Å². The molecule has 0 amide bonds. The minimum absolute atomic E-state index is 0.343. The Balaban J connectivity index is 2.40. The first kappa shape index (κ1) is 16.4. The molecule has 0 aliphatic rings. The third-order valence-corrected chi connectivity index (χ3v) is 4.02. The van der Waals surface area contributed by atoms with Crippen LogP contribution in [0.4, 0.5) is 0 Å². The van der Waals surface area contributed by atoms with Gasteiger partial charge in [-0.15, -0.1) is 0 Å². The zero-order valence-corrected chi connectivity index (χ0v) is 13.5. The summed E-state index contributed by atoms with van der Waals surface area (Å²) in [5.41, 5.74) is 2.54. The highest BCUT2D eigenvalue weighted by molar-refractivity contribution is 7.98. The average molecular weight is 281 g/mol. The van der Waals surface area contributed by atoms with Crippen molar-refractivity contribution in [3.05, 3.63) is 29.3 Å². The number of unbranched alkanes of at least 4 members (excludes halogenated alkanes) is 2. The van der Waals surface area contributed by atoms with E-state index in [2.05, 4.69) is 43.6 Å². The summed E-state index contributed by atoms with van der Waals surface area (Å²) in [7, 11) is 1.74. The van der Waals surface area contributed by atoms with Crippen molar-refractivity contribution < 1.29 is 4.74 Å². The molecular weight excluding hydrogens is 254 g/mol. The highest BCUT2D eigenvalue weighted by atomic mass is 32.2. The number of thioether (sulfide) groups is 1. The smallest absolute Gasteiger partial charge is 0.123 e. The van der Waals surface area contributed by atoms with Gasteiger partial charge in [0.1, 0.15) is 5.75 Å². The number of benzene rings is 1. The van der Waals surface area contributed by atoms with E-state index in [4.69, 9.17) is 4.74 Å². The predicted octanol–water partition coefficient (Wildman–Crippen LogP) is 4.19. The van der Waals surface area contributed by atoms with Crippen molar-refractivity contribution in [3.63, 3.8) is 0 Å². The highest BCUT2D eigenvalue weighted by Gasteiger charge is 2.10. The van der Waals surface area contributed by atoms with Crippen LogP contribution in [0.1, 0.15) is 43.4 Å². The normalized spacial score (nSPS) is 12.4. The molecule has 108 valence electrons. The average Bonchev–Trinajstić information content (AvgIpc) is 2.42. The van der Waals surface area contributed by atoms with Crippen molar-refractivity contribution >= 4 is 11.8 Å². The molecule has 0 heterocycles. The first-order chi connectivity index (χ1) is 9.19. The van der Waals surface area contributed by atoms with Crippen LogP contribution in [0.25, 0.3) is 0 Å². The molecule has 2 nitrogen and oxygen atoms in total. The number of rotatable bonds is 9. The van der Waals surface area contributed by atoms with Gasteiger partial charge in [0.05, 0.1) is 7.11 Å². The monoisotopic (exact) mass is 281 g/mol. The van der Waals surface area contributed by atoms with Crippen molar-refractivity contribution in [2.45, 2.75) is 39.2 Å². The Morgan fingerprint density at radius 1 is 1.26 bits per heavy atom. The summed E-state index contributed by atoms with van der Waals surface area (Å²) >= 11 is 1.93. The second kappa shape index (κ2) is 9.27. The van der Waals surface area contributed by atoms with Gasteiger partial charge >= 0.3 is 0 Å². The number of hydrogen-bond donors (Lipinski definition) is 1. The van der Waals surface area contributed by atoms with Gasteiger partial charge in [-0.3, -0.25) is 0 Å². The lowest BCUT2D eigenvalue weighted by molar-refractivity contribution is 0.401. The Hall–Kier alpha value is -0.670. The summed E-state index contributed by atoms with van der Waals surface area (Å²) in [4.78, 5) is 0. The summed E-state index contributed by atoms with van der Waals surface area (Å²) < 4.78 is 5.44. The maximum atomic E-state index is 5.44. The number of hydrogen-bond acceptors (Lipinski definition) is 3. The molecule has 0 aliphatic heterocycles. The first-order valence-electron chi connectivity index (χ1n) is 7.06. The van der Waals surface area contributed by atoms with Crippen molar-refractivity contribution in [3.8, 4) is 5.75 Å². The highest BCUT2D eigenvalue weighted by Crippen LogP contribution is 2.25. The maximum absolute atomic E-state index is 5.44. The molecule has 0 saturated carbocycles. The minimum Gasteiger partial charge on any atom is -0.496 e. The molecule has 19 heavy (non-hydrogen) atoms. The van der Waals surface area contributed by atoms with Gasteiger partial charge in [-0.2, -0.15) is 11.8 Å². The summed E-state index contributed by atoms with van der Waals surface area (Å²) in [5, 5.41) is 3.59. The molecule has 0 aliphatic carbocycles. The molecule has 1 atom stereocenters. The molecule has 3 heteroatoms. The summed E-state index contributed by atoms with van der Waals surface area (Å²) in [6, 6.07) is 6.71. The van der Waals surface area contributed by atoms with Crippen LogP contribution in [0, 0.1) is 6.92 Å². The number of nitrogens with one attached hydrogen (secondary N) is 1. The molecule has 1 aromatic carbocycles. The standard InChI is InChI=1S/C16H27NOS/c1-13-8-9-16(18-3)15(12-13)14(2)17-10-6-5-7-11-19-4/h8-9,12,14,17H,5-7,10-11H2,1-4H3. The van der Waals surface area contributed by atoms with Crippen molar-refractivity contribution in [1.29, 1.82) is 0 Å². The van der Waals surface area contributed by atoms with E-state index in [1.54, 1.807) is 7.11 Å². The van der Waals surface area contributed by atoms with Crippen molar-refractivity contribution in [2.24, 2.45) is 0 Å². The molecule has 1 N–H and O–H groups in total. The lowest BCUT2D eigenvalue weighted by Crippen LogP contribution is -2.20. The Morgan fingerprint density at radius 3 is 2.74 bits per heavy atom. The van der Waals surface area contributed by atoms with Crippen LogP contribution >= 0.6 is 11.8 Å². The van der Waals surface area contributed by atoms with Gasteiger partial charge in [0.15, 0.2) is 0 Å². The molecular formula is C16H27NOS. The van der Waals surface area contributed by atoms with E-state index >= 15 is 0 Å². The maximum Gasteiger partial charge on any atom is 0.123 e. The number of aryl methyl sites for hydroxylation is 1. The molecule has 0 saturated heterocycles. The second-order valence-corrected chi connectivity index (χ2v) is 5.96. The van der Waals surface area contributed by atoms with Gasteiger partial charge in [-0.25, -0.2) is 0 Å². The van der Waals surface area contributed by atoms with Crippen molar-refractivity contribution in [2.75, 3.05) is 25.7 Å². The zero-order chi connectivity index (χ0) is 14.1. The number of ether oxygens (including phenoxy) is 1. The molecule has 1 unspecified atom stereocenters.